The summed E-state index contributed by atoms with van der Waals surface area (Å²) >= 11 is 0. The van der Waals surface area contributed by atoms with Crippen LogP contribution in [0.25, 0.3) is 0 Å². The average molecular weight is 244 g/mol. The van der Waals surface area contributed by atoms with E-state index in [2.05, 4.69) is 0 Å². The molecule has 0 aliphatic rings. The molecule has 0 saturated heterocycles. The van der Waals surface area contributed by atoms with Gasteiger partial charge in [0.05, 0.1) is 0 Å². The molecule has 96 valence electrons. The van der Waals surface area contributed by atoms with Crippen LogP contribution in [-0.2, 0) is 6.42 Å². The van der Waals surface area contributed by atoms with Gasteiger partial charge >= 0.3 is 0 Å². The molecular formula is C13H18F2O2. The lowest BCUT2D eigenvalue weighted by atomic mass is 9.95. The molecule has 1 aromatic rings. The fraction of sp³-hybridized carbons (Fsp3) is 0.538. The molecule has 0 amide bonds. The molecule has 17 heavy (non-hydrogen) atoms. The van der Waals surface area contributed by atoms with Gasteiger partial charge in [0.25, 0.3) is 0 Å². The molecule has 0 spiro atoms. The summed E-state index contributed by atoms with van der Waals surface area (Å²) < 4.78 is 25.9. The van der Waals surface area contributed by atoms with Crippen molar-refractivity contribution in [2.45, 2.75) is 25.7 Å². The highest BCUT2D eigenvalue weighted by Crippen LogP contribution is 2.17. The van der Waals surface area contributed by atoms with Crippen LogP contribution in [-0.4, -0.2) is 23.4 Å². The fourth-order valence-corrected chi connectivity index (χ4v) is 1.86. The number of unbranched alkanes of at least 4 members (excludes halogenated alkanes) is 1. The third-order valence-corrected chi connectivity index (χ3v) is 2.73. The van der Waals surface area contributed by atoms with Gasteiger partial charge in [-0.05, 0) is 42.9 Å². The predicted molar refractivity (Wildman–Crippen MR) is 61.6 cm³/mol. The van der Waals surface area contributed by atoms with Crippen LogP contribution >= 0.6 is 0 Å². The van der Waals surface area contributed by atoms with E-state index < -0.39 is 11.6 Å². The molecule has 2 nitrogen and oxygen atoms in total. The molecular weight excluding hydrogens is 226 g/mol. The first kappa shape index (κ1) is 14.1. The van der Waals surface area contributed by atoms with E-state index in [0.717, 1.165) is 18.9 Å². The zero-order valence-corrected chi connectivity index (χ0v) is 9.70. The summed E-state index contributed by atoms with van der Waals surface area (Å²) in [5.41, 5.74) is 0.561. The second kappa shape index (κ2) is 7.35. The number of halogens is 2. The molecule has 1 aromatic carbocycles. The van der Waals surface area contributed by atoms with Gasteiger partial charge in [0, 0.05) is 19.3 Å². The number of hydrogen-bond donors (Lipinski definition) is 2. The minimum atomic E-state index is -0.591. The van der Waals surface area contributed by atoms with E-state index in [1.54, 1.807) is 0 Å². The molecule has 0 aliphatic carbocycles. The topological polar surface area (TPSA) is 40.5 Å². The van der Waals surface area contributed by atoms with E-state index in [-0.39, 0.29) is 19.1 Å². The number of hydrogen-bond acceptors (Lipinski definition) is 2. The van der Waals surface area contributed by atoms with Crippen LogP contribution in [0.2, 0.25) is 0 Å². The minimum absolute atomic E-state index is 0.0104. The van der Waals surface area contributed by atoms with E-state index in [1.165, 1.54) is 12.1 Å². The van der Waals surface area contributed by atoms with Crippen molar-refractivity contribution in [3.8, 4) is 0 Å². The number of aliphatic hydroxyl groups excluding tert-OH is 2. The van der Waals surface area contributed by atoms with Crippen molar-refractivity contribution in [3.63, 3.8) is 0 Å². The molecule has 1 atom stereocenters. The van der Waals surface area contributed by atoms with Crippen LogP contribution in [0.4, 0.5) is 8.78 Å². The van der Waals surface area contributed by atoms with Crippen molar-refractivity contribution < 1.29 is 19.0 Å². The number of benzene rings is 1. The second-order valence-corrected chi connectivity index (χ2v) is 4.25. The maximum Gasteiger partial charge on any atom is 0.126 e. The lowest BCUT2D eigenvalue weighted by Gasteiger charge is -2.13. The molecule has 0 radical (unpaired) electrons. The molecule has 0 saturated carbocycles. The van der Waals surface area contributed by atoms with E-state index >= 15 is 0 Å². The van der Waals surface area contributed by atoms with Crippen molar-refractivity contribution in [1.82, 2.24) is 0 Å². The van der Waals surface area contributed by atoms with Gasteiger partial charge in [0.2, 0.25) is 0 Å². The summed E-state index contributed by atoms with van der Waals surface area (Å²) in [7, 11) is 0. The molecule has 0 aliphatic heterocycles. The Labute approximate surface area is 99.9 Å². The number of aliphatic hydroxyl groups is 2. The van der Waals surface area contributed by atoms with Crippen LogP contribution in [0, 0.1) is 17.6 Å². The van der Waals surface area contributed by atoms with Gasteiger partial charge in [0.15, 0.2) is 0 Å². The van der Waals surface area contributed by atoms with Crippen molar-refractivity contribution >= 4 is 0 Å². The highest BCUT2D eigenvalue weighted by molar-refractivity contribution is 5.18. The quantitative estimate of drug-likeness (QED) is 0.722. The molecule has 0 bridgehead atoms. The van der Waals surface area contributed by atoms with Gasteiger partial charge in [-0.1, -0.05) is 6.42 Å². The molecule has 1 rings (SSSR count). The van der Waals surface area contributed by atoms with E-state index in [4.69, 9.17) is 5.11 Å². The smallest absolute Gasteiger partial charge is 0.126 e. The normalized spacial score (nSPS) is 12.7. The first-order valence-electron chi connectivity index (χ1n) is 5.82. The monoisotopic (exact) mass is 244 g/mol. The maximum atomic E-state index is 13.0. The zero-order valence-electron chi connectivity index (χ0n) is 9.70. The molecule has 0 unspecified atom stereocenters. The van der Waals surface area contributed by atoms with Crippen LogP contribution in [0.5, 0.6) is 0 Å². The molecule has 0 aromatic heterocycles. The fourth-order valence-electron chi connectivity index (χ4n) is 1.86. The minimum Gasteiger partial charge on any atom is -0.396 e. The third-order valence-electron chi connectivity index (χ3n) is 2.73. The first-order chi connectivity index (χ1) is 8.15. The van der Waals surface area contributed by atoms with E-state index in [9.17, 15) is 13.9 Å². The van der Waals surface area contributed by atoms with Crippen molar-refractivity contribution in [1.29, 1.82) is 0 Å². The van der Waals surface area contributed by atoms with Gasteiger partial charge in [-0.25, -0.2) is 8.78 Å². The Kier molecular flexibility index (Phi) is 6.08. The van der Waals surface area contributed by atoms with Crippen molar-refractivity contribution in [3.05, 3.63) is 35.4 Å². The molecule has 0 heterocycles. The van der Waals surface area contributed by atoms with Crippen molar-refractivity contribution in [2.75, 3.05) is 13.2 Å². The first-order valence-corrected chi connectivity index (χ1v) is 5.82. The molecule has 4 heteroatoms. The maximum absolute atomic E-state index is 13.0. The summed E-state index contributed by atoms with van der Waals surface area (Å²) in [5.74, 6) is -1.19. The lowest BCUT2D eigenvalue weighted by Crippen LogP contribution is -2.10. The van der Waals surface area contributed by atoms with Crippen LogP contribution < -0.4 is 0 Å². The Bertz CT molecular complexity index is 322. The predicted octanol–water partition coefficient (Wildman–Crippen LogP) is 2.28. The average Bonchev–Trinajstić information content (AvgIpc) is 2.26. The summed E-state index contributed by atoms with van der Waals surface area (Å²) in [5, 5.41) is 17.8. The Hall–Kier alpha value is -1.00. The van der Waals surface area contributed by atoms with Crippen molar-refractivity contribution in [2.24, 2.45) is 5.92 Å². The van der Waals surface area contributed by atoms with Gasteiger partial charge < -0.3 is 10.2 Å². The van der Waals surface area contributed by atoms with Crippen LogP contribution in [0.3, 0.4) is 0 Å². The van der Waals surface area contributed by atoms with Gasteiger partial charge in [-0.3, -0.25) is 0 Å². The molecule has 2 N–H and O–H groups in total. The number of rotatable bonds is 7. The Morgan fingerprint density at radius 1 is 1.00 bits per heavy atom. The van der Waals surface area contributed by atoms with Crippen LogP contribution in [0.1, 0.15) is 24.8 Å². The Morgan fingerprint density at radius 2 is 1.65 bits per heavy atom. The van der Waals surface area contributed by atoms with Gasteiger partial charge in [0.1, 0.15) is 11.6 Å². The molecule has 0 fully saturated rings. The Balaban J connectivity index is 2.54. The second-order valence-electron chi connectivity index (χ2n) is 4.25. The highest BCUT2D eigenvalue weighted by Gasteiger charge is 2.10. The standard InChI is InChI=1S/C13H18F2O2/c14-12-6-11(7-13(15)8-12)5-10(9-17)3-1-2-4-16/h6-8,10,16-17H,1-5,9H2/t10-/m0/s1. The van der Waals surface area contributed by atoms with E-state index in [1.807, 2.05) is 0 Å². The summed E-state index contributed by atoms with van der Waals surface area (Å²) in [6, 6.07) is 3.42. The largest absolute Gasteiger partial charge is 0.396 e. The lowest BCUT2D eigenvalue weighted by molar-refractivity contribution is 0.208. The third kappa shape index (κ3) is 5.24. The van der Waals surface area contributed by atoms with Gasteiger partial charge in [-0.2, -0.15) is 0 Å². The summed E-state index contributed by atoms with van der Waals surface area (Å²) in [6.45, 7) is 0.121. The highest BCUT2D eigenvalue weighted by atomic mass is 19.1. The zero-order chi connectivity index (χ0) is 12.7. The summed E-state index contributed by atoms with van der Waals surface area (Å²) in [4.78, 5) is 0. The Morgan fingerprint density at radius 3 is 2.18 bits per heavy atom. The van der Waals surface area contributed by atoms with Gasteiger partial charge in [-0.15, -0.1) is 0 Å². The van der Waals surface area contributed by atoms with Crippen LogP contribution in [0.15, 0.2) is 18.2 Å². The van der Waals surface area contributed by atoms with E-state index in [0.29, 0.717) is 18.4 Å². The SMILES string of the molecule is OCCCC[C@H](CO)Cc1cc(F)cc(F)c1. The summed E-state index contributed by atoms with van der Waals surface area (Å²) in [6.07, 6.45) is 2.69.